The topological polar surface area (TPSA) is 26.0 Å². The monoisotopic (exact) mass is 173 g/mol. The van der Waals surface area contributed by atoms with E-state index in [0.29, 0.717) is 6.54 Å². The SMILES string of the molecule is [B]c1cc(CC)c(CN)c(CC)c1. The van der Waals surface area contributed by atoms with Gasteiger partial charge >= 0.3 is 0 Å². The van der Waals surface area contributed by atoms with Crippen LogP contribution in [0.5, 0.6) is 0 Å². The Morgan fingerprint density at radius 1 is 1.15 bits per heavy atom. The van der Waals surface area contributed by atoms with Gasteiger partial charge in [0.15, 0.2) is 0 Å². The maximum absolute atomic E-state index is 5.79. The first-order valence-electron chi connectivity index (χ1n) is 4.83. The van der Waals surface area contributed by atoms with E-state index < -0.39 is 0 Å². The minimum Gasteiger partial charge on any atom is -0.326 e. The first-order valence-corrected chi connectivity index (χ1v) is 4.83. The summed E-state index contributed by atoms with van der Waals surface area (Å²) in [6.07, 6.45) is 2.01. The lowest BCUT2D eigenvalue weighted by atomic mass is 9.87. The zero-order valence-corrected chi connectivity index (χ0v) is 8.43. The summed E-state index contributed by atoms with van der Waals surface area (Å²) >= 11 is 0. The summed E-state index contributed by atoms with van der Waals surface area (Å²) in [7, 11) is 5.79. The molecular formula is C11H16BN. The molecule has 0 aliphatic carbocycles. The van der Waals surface area contributed by atoms with Crippen molar-refractivity contribution < 1.29 is 0 Å². The number of benzene rings is 1. The van der Waals surface area contributed by atoms with Gasteiger partial charge in [-0.05, 0) is 29.5 Å². The fourth-order valence-corrected chi connectivity index (χ4v) is 1.72. The van der Waals surface area contributed by atoms with Crippen LogP contribution < -0.4 is 11.2 Å². The predicted octanol–water partition coefficient (Wildman–Crippen LogP) is 1.06. The molecule has 0 amide bonds. The lowest BCUT2D eigenvalue weighted by molar-refractivity contribution is 0.959. The van der Waals surface area contributed by atoms with Gasteiger partial charge in [-0.2, -0.15) is 0 Å². The molecule has 2 radical (unpaired) electrons. The van der Waals surface area contributed by atoms with E-state index in [1.54, 1.807) is 0 Å². The highest BCUT2D eigenvalue weighted by Gasteiger charge is 2.04. The predicted molar refractivity (Wildman–Crippen MR) is 58.5 cm³/mol. The number of rotatable bonds is 3. The maximum Gasteiger partial charge on any atom is 0.113 e. The van der Waals surface area contributed by atoms with Crippen LogP contribution >= 0.6 is 0 Å². The van der Waals surface area contributed by atoms with Crippen LogP contribution in [0.3, 0.4) is 0 Å². The van der Waals surface area contributed by atoms with E-state index in [4.69, 9.17) is 13.6 Å². The van der Waals surface area contributed by atoms with Gasteiger partial charge in [0.2, 0.25) is 0 Å². The fraction of sp³-hybridized carbons (Fsp3) is 0.455. The average molecular weight is 173 g/mol. The van der Waals surface area contributed by atoms with Gasteiger partial charge in [0.1, 0.15) is 7.85 Å². The van der Waals surface area contributed by atoms with Gasteiger partial charge in [0.25, 0.3) is 0 Å². The first-order chi connectivity index (χ1) is 6.22. The van der Waals surface area contributed by atoms with Crippen LogP contribution in [0.25, 0.3) is 0 Å². The van der Waals surface area contributed by atoms with Gasteiger partial charge in [-0.25, -0.2) is 0 Å². The van der Waals surface area contributed by atoms with Crippen molar-refractivity contribution in [1.82, 2.24) is 0 Å². The van der Waals surface area contributed by atoms with Gasteiger partial charge in [0.05, 0.1) is 0 Å². The number of hydrogen-bond acceptors (Lipinski definition) is 1. The zero-order chi connectivity index (χ0) is 9.84. The van der Waals surface area contributed by atoms with Gasteiger partial charge < -0.3 is 5.73 Å². The molecule has 2 heteroatoms. The Kier molecular flexibility index (Phi) is 3.55. The quantitative estimate of drug-likeness (QED) is 0.679. The molecule has 0 unspecified atom stereocenters. The Bertz CT molecular complexity index is 269. The summed E-state index contributed by atoms with van der Waals surface area (Å²) in [6, 6.07) is 4.06. The smallest absolute Gasteiger partial charge is 0.113 e. The van der Waals surface area contributed by atoms with E-state index in [0.717, 1.165) is 18.3 Å². The Morgan fingerprint density at radius 3 is 1.92 bits per heavy atom. The molecule has 1 aromatic rings. The van der Waals surface area contributed by atoms with E-state index in [-0.39, 0.29) is 0 Å². The molecule has 13 heavy (non-hydrogen) atoms. The number of aryl methyl sites for hydroxylation is 2. The second kappa shape index (κ2) is 4.47. The maximum atomic E-state index is 5.79. The molecule has 0 atom stereocenters. The average Bonchev–Trinajstić information content (AvgIpc) is 2.16. The third-order valence-electron chi connectivity index (χ3n) is 2.42. The largest absolute Gasteiger partial charge is 0.326 e. The van der Waals surface area contributed by atoms with Crippen LogP contribution in [-0.4, -0.2) is 7.85 Å². The molecule has 0 aromatic heterocycles. The fourth-order valence-electron chi connectivity index (χ4n) is 1.72. The molecule has 0 aliphatic rings. The normalized spacial score (nSPS) is 10.4. The van der Waals surface area contributed by atoms with Crippen molar-refractivity contribution in [1.29, 1.82) is 0 Å². The van der Waals surface area contributed by atoms with Crippen LogP contribution in [0.15, 0.2) is 12.1 Å². The van der Waals surface area contributed by atoms with E-state index >= 15 is 0 Å². The van der Waals surface area contributed by atoms with E-state index in [9.17, 15) is 0 Å². The summed E-state index contributed by atoms with van der Waals surface area (Å²) in [5, 5.41) is 0. The lowest BCUT2D eigenvalue weighted by Gasteiger charge is -2.12. The minimum absolute atomic E-state index is 0.618. The minimum atomic E-state index is 0.618. The third-order valence-corrected chi connectivity index (χ3v) is 2.42. The van der Waals surface area contributed by atoms with Crippen LogP contribution in [0, 0.1) is 0 Å². The number of nitrogens with two attached hydrogens (primary N) is 1. The van der Waals surface area contributed by atoms with Crippen molar-refractivity contribution in [2.45, 2.75) is 33.2 Å². The van der Waals surface area contributed by atoms with Crippen LogP contribution in [0.4, 0.5) is 0 Å². The second-order valence-electron chi connectivity index (χ2n) is 3.23. The van der Waals surface area contributed by atoms with E-state index in [1.165, 1.54) is 16.7 Å². The number of hydrogen-bond donors (Lipinski definition) is 1. The Morgan fingerprint density at radius 2 is 1.62 bits per heavy atom. The van der Waals surface area contributed by atoms with Crippen molar-refractivity contribution >= 4 is 13.3 Å². The summed E-state index contributed by atoms with van der Waals surface area (Å²) in [5.41, 5.74) is 10.4. The molecule has 1 rings (SSSR count). The standard InChI is InChI=1S/C11H16BN/c1-3-8-5-10(12)6-9(4-2)11(8)7-13/h5-6H,3-4,7,13H2,1-2H3. The van der Waals surface area contributed by atoms with Gasteiger partial charge in [-0.3, -0.25) is 0 Å². The molecule has 0 saturated heterocycles. The molecule has 0 bridgehead atoms. The molecule has 0 aliphatic heterocycles. The first kappa shape index (κ1) is 10.3. The summed E-state index contributed by atoms with van der Waals surface area (Å²) < 4.78 is 0. The Labute approximate surface area is 81.7 Å². The summed E-state index contributed by atoms with van der Waals surface area (Å²) in [4.78, 5) is 0. The molecule has 0 heterocycles. The highest BCUT2D eigenvalue weighted by atomic mass is 14.5. The van der Waals surface area contributed by atoms with E-state index in [1.807, 2.05) is 12.1 Å². The van der Waals surface area contributed by atoms with Gasteiger partial charge in [0, 0.05) is 6.54 Å². The van der Waals surface area contributed by atoms with Crippen LogP contribution in [0.2, 0.25) is 0 Å². The molecule has 0 saturated carbocycles. The van der Waals surface area contributed by atoms with Crippen molar-refractivity contribution in [2.24, 2.45) is 5.73 Å². The Balaban J connectivity index is 3.25. The summed E-state index contributed by atoms with van der Waals surface area (Å²) in [6.45, 7) is 4.88. The molecular weight excluding hydrogens is 157 g/mol. The molecule has 1 aromatic carbocycles. The molecule has 1 nitrogen and oxygen atoms in total. The van der Waals surface area contributed by atoms with Crippen molar-refractivity contribution in [3.05, 3.63) is 28.8 Å². The molecule has 0 fully saturated rings. The van der Waals surface area contributed by atoms with Crippen LogP contribution in [0.1, 0.15) is 30.5 Å². The highest BCUT2D eigenvalue weighted by Crippen LogP contribution is 2.14. The van der Waals surface area contributed by atoms with Crippen molar-refractivity contribution in [2.75, 3.05) is 0 Å². The van der Waals surface area contributed by atoms with Crippen molar-refractivity contribution in [3.8, 4) is 0 Å². The molecule has 0 spiro atoms. The van der Waals surface area contributed by atoms with Crippen molar-refractivity contribution in [3.63, 3.8) is 0 Å². The Hall–Kier alpha value is -0.755. The summed E-state index contributed by atoms with van der Waals surface area (Å²) in [5.74, 6) is 0. The van der Waals surface area contributed by atoms with E-state index in [2.05, 4.69) is 13.8 Å². The second-order valence-corrected chi connectivity index (χ2v) is 3.23. The van der Waals surface area contributed by atoms with Gasteiger partial charge in [-0.15, -0.1) is 0 Å². The van der Waals surface area contributed by atoms with Gasteiger partial charge in [-0.1, -0.05) is 31.4 Å². The zero-order valence-electron chi connectivity index (χ0n) is 8.43. The molecule has 2 N–H and O–H groups in total. The van der Waals surface area contributed by atoms with Crippen LogP contribution in [-0.2, 0) is 19.4 Å². The lowest BCUT2D eigenvalue weighted by Crippen LogP contribution is -2.12. The highest BCUT2D eigenvalue weighted by molar-refractivity contribution is 6.32. The third kappa shape index (κ3) is 2.13. The molecule has 68 valence electrons.